The second-order valence-corrected chi connectivity index (χ2v) is 6.70. The molecule has 0 radical (unpaired) electrons. The van der Waals surface area contributed by atoms with E-state index in [1.807, 2.05) is 18.2 Å². The highest BCUT2D eigenvalue weighted by atomic mass is 19.1. The predicted octanol–water partition coefficient (Wildman–Crippen LogP) is 2.58. The van der Waals surface area contributed by atoms with Crippen LogP contribution in [0.25, 0.3) is 0 Å². The van der Waals surface area contributed by atoms with Crippen LogP contribution in [-0.2, 0) is 6.54 Å². The minimum atomic E-state index is -0.384. The Balaban J connectivity index is 1.43. The molecule has 2 aromatic rings. The van der Waals surface area contributed by atoms with Gasteiger partial charge in [0.2, 0.25) is 0 Å². The third-order valence-electron chi connectivity index (χ3n) is 4.60. The van der Waals surface area contributed by atoms with Crippen molar-refractivity contribution in [2.75, 3.05) is 26.2 Å². The second kappa shape index (κ2) is 9.28. The number of halogens is 1. The van der Waals surface area contributed by atoms with E-state index in [-0.39, 0.29) is 17.6 Å². The van der Waals surface area contributed by atoms with Gasteiger partial charge in [0.05, 0.1) is 0 Å². The highest BCUT2D eigenvalue weighted by molar-refractivity contribution is 5.95. The zero-order valence-corrected chi connectivity index (χ0v) is 15.2. The molecule has 0 aromatic heterocycles. The smallest absolute Gasteiger partial charge is 0.251 e. The molecule has 0 bridgehead atoms. The fourth-order valence-corrected chi connectivity index (χ4v) is 3.17. The summed E-state index contributed by atoms with van der Waals surface area (Å²) in [6, 6.07) is 13.0. The van der Waals surface area contributed by atoms with Crippen molar-refractivity contribution in [3.8, 4) is 0 Å². The van der Waals surface area contributed by atoms with Crippen molar-refractivity contribution in [3.05, 3.63) is 71.0 Å². The molecule has 0 spiro atoms. The SMILES string of the molecule is O=C(NCCNC(=O)c1cccc(CN2CCCC2)c1)c1ccc(F)cc1. The minimum absolute atomic E-state index is 0.158. The number of hydrogen-bond donors (Lipinski definition) is 2. The van der Waals surface area contributed by atoms with E-state index in [1.165, 1.54) is 37.1 Å². The largest absolute Gasteiger partial charge is 0.350 e. The van der Waals surface area contributed by atoms with Crippen molar-refractivity contribution >= 4 is 11.8 Å². The number of rotatable bonds is 7. The molecule has 0 atom stereocenters. The standard InChI is InChI=1S/C21H24FN3O2/c22-19-8-6-17(7-9-19)20(26)23-10-11-24-21(27)18-5-3-4-16(14-18)15-25-12-1-2-13-25/h3-9,14H,1-2,10-13,15H2,(H,23,26)(H,24,27). The van der Waals surface area contributed by atoms with Crippen LogP contribution in [0.15, 0.2) is 48.5 Å². The third-order valence-corrected chi connectivity index (χ3v) is 4.60. The maximum absolute atomic E-state index is 12.9. The van der Waals surface area contributed by atoms with Crippen molar-refractivity contribution < 1.29 is 14.0 Å². The van der Waals surface area contributed by atoms with Gasteiger partial charge in [-0.1, -0.05) is 12.1 Å². The van der Waals surface area contributed by atoms with E-state index >= 15 is 0 Å². The Morgan fingerprint density at radius 3 is 2.19 bits per heavy atom. The third kappa shape index (κ3) is 5.62. The van der Waals surface area contributed by atoms with Crippen LogP contribution in [0.3, 0.4) is 0 Å². The average Bonchev–Trinajstić information content (AvgIpc) is 3.18. The van der Waals surface area contributed by atoms with Crippen LogP contribution in [0.4, 0.5) is 4.39 Å². The van der Waals surface area contributed by atoms with Gasteiger partial charge < -0.3 is 10.6 Å². The van der Waals surface area contributed by atoms with Crippen molar-refractivity contribution in [1.82, 2.24) is 15.5 Å². The Morgan fingerprint density at radius 2 is 1.52 bits per heavy atom. The lowest BCUT2D eigenvalue weighted by Crippen LogP contribution is -2.34. The molecule has 0 saturated carbocycles. The molecule has 1 saturated heterocycles. The van der Waals surface area contributed by atoms with Gasteiger partial charge in [-0.15, -0.1) is 0 Å². The van der Waals surface area contributed by atoms with Gasteiger partial charge in [-0.3, -0.25) is 14.5 Å². The molecule has 0 aliphatic carbocycles. The van der Waals surface area contributed by atoms with Crippen molar-refractivity contribution in [1.29, 1.82) is 0 Å². The van der Waals surface area contributed by atoms with E-state index in [0.29, 0.717) is 24.2 Å². The first-order chi connectivity index (χ1) is 13.1. The lowest BCUT2D eigenvalue weighted by atomic mass is 10.1. The fourth-order valence-electron chi connectivity index (χ4n) is 3.17. The molecule has 5 nitrogen and oxygen atoms in total. The number of carbonyl (C=O) groups excluding carboxylic acids is 2. The number of carbonyl (C=O) groups is 2. The molecule has 2 amide bonds. The first-order valence-electron chi connectivity index (χ1n) is 9.25. The zero-order chi connectivity index (χ0) is 19.1. The maximum Gasteiger partial charge on any atom is 0.251 e. The molecule has 2 aromatic carbocycles. The highest BCUT2D eigenvalue weighted by Gasteiger charge is 2.13. The zero-order valence-electron chi connectivity index (χ0n) is 15.2. The number of amides is 2. The average molecular weight is 369 g/mol. The summed E-state index contributed by atoms with van der Waals surface area (Å²) in [4.78, 5) is 26.6. The first kappa shape index (κ1) is 19.0. The Morgan fingerprint density at radius 1 is 0.889 bits per heavy atom. The highest BCUT2D eigenvalue weighted by Crippen LogP contribution is 2.13. The summed E-state index contributed by atoms with van der Waals surface area (Å²) in [5.41, 5.74) is 2.14. The number of nitrogens with one attached hydrogen (secondary N) is 2. The molecule has 1 fully saturated rings. The molecule has 1 aliphatic heterocycles. The molecule has 2 N–H and O–H groups in total. The molecular formula is C21H24FN3O2. The topological polar surface area (TPSA) is 61.4 Å². The maximum atomic E-state index is 12.9. The Bertz CT molecular complexity index is 786. The fraction of sp³-hybridized carbons (Fsp3) is 0.333. The quantitative estimate of drug-likeness (QED) is 0.738. The molecule has 142 valence electrons. The van der Waals surface area contributed by atoms with Gasteiger partial charge >= 0.3 is 0 Å². The summed E-state index contributed by atoms with van der Waals surface area (Å²) in [5, 5.41) is 5.51. The number of benzene rings is 2. The lowest BCUT2D eigenvalue weighted by molar-refractivity contribution is 0.0927. The predicted molar refractivity (Wildman–Crippen MR) is 102 cm³/mol. The Kier molecular flexibility index (Phi) is 6.54. The summed E-state index contributed by atoms with van der Waals surface area (Å²) in [7, 11) is 0. The summed E-state index contributed by atoms with van der Waals surface area (Å²) in [6.07, 6.45) is 2.48. The van der Waals surface area contributed by atoms with E-state index in [4.69, 9.17) is 0 Å². The summed E-state index contributed by atoms with van der Waals surface area (Å²) >= 11 is 0. The lowest BCUT2D eigenvalue weighted by Gasteiger charge is -2.15. The van der Waals surface area contributed by atoms with Gasteiger partial charge in [0.25, 0.3) is 11.8 Å². The van der Waals surface area contributed by atoms with Crippen LogP contribution in [0.1, 0.15) is 39.1 Å². The molecule has 0 unspecified atom stereocenters. The molecule has 3 rings (SSSR count). The van der Waals surface area contributed by atoms with Gasteiger partial charge in [0.1, 0.15) is 5.82 Å². The van der Waals surface area contributed by atoms with Gasteiger partial charge in [-0.2, -0.15) is 0 Å². The first-order valence-corrected chi connectivity index (χ1v) is 9.25. The molecule has 6 heteroatoms. The normalized spacial score (nSPS) is 14.1. The summed E-state index contributed by atoms with van der Waals surface area (Å²) in [6.45, 7) is 3.72. The van der Waals surface area contributed by atoms with Gasteiger partial charge in [-0.25, -0.2) is 4.39 Å². The minimum Gasteiger partial charge on any atom is -0.350 e. The van der Waals surface area contributed by atoms with Crippen molar-refractivity contribution in [2.45, 2.75) is 19.4 Å². The van der Waals surface area contributed by atoms with Crippen LogP contribution in [0, 0.1) is 5.82 Å². The van der Waals surface area contributed by atoms with Gasteiger partial charge in [0.15, 0.2) is 0 Å². The van der Waals surface area contributed by atoms with Gasteiger partial charge in [-0.05, 0) is 67.9 Å². The number of hydrogen-bond acceptors (Lipinski definition) is 3. The van der Waals surface area contributed by atoms with Crippen LogP contribution < -0.4 is 10.6 Å². The van der Waals surface area contributed by atoms with E-state index in [0.717, 1.165) is 25.2 Å². The van der Waals surface area contributed by atoms with E-state index in [2.05, 4.69) is 15.5 Å². The number of nitrogens with zero attached hydrogens (tertiary/aromatic N) is 1. The van der Waals surface area contributed by atoms with Crippen LogP contribution in [0.5, 0.6) is 0 Å². The van der Waals surface area contributed by atoms with Crippen LogP contribution >= 0.6 is 0 Å². The molecular weight excluding hydrogens is 345 g/mol. The van der Waals surface area contributed by atoms with Crippen LogP contribution in [0.2, 0.25) is 0 Å². The molecule has 1 aliphatic rings. The Hall–Kier alpha value is -2.73. The monoisotopic (exact) mass is 369 g/mol. The van der Waals surface area contributed by atoms with Gasteiger partial charge in [0, 0.05) is 30.8 Å². The van der Waals surface area contributed by atoms with E-state index in [9.17, 15) is 14.0 Å². The molecule has 1 heterocycles. The number of likely N-dealkylation sites (tertiary alicyclic amines) is 1. The van der Waals surface area contributed by atoms with Crippen molar-refractivity contribution in [2.24, 2.45) is 0 Å². The Labute approximate surface area is 158 Å². The molecule has 27 heavy (non-hydrogen) atoms. The van der Waals surface area contributed by atoms with E-state index < -0.39 is 0 Å². The summed E-state index contributed by atoms with van der Waals surface area (Å²) < 4.78 is 12.9. The second-order valence-electron chi connectivity index (χ2n) is 6.70. The van der Waals surface area contributed by atoms with Crippen molar-refractivity contribution in [3.63, 3.8) is 0 Å². The van der Waals surface area contributed by atoms with E-state index in [1.54, 1.807) is 6.07 Å². The van der Waals surface area contributed by atoms with Crippen LogP contribution in [-0.4, -0.2) is 42.9 Å². The summed E-state index contributed by atoms with van der Waals surface area (Å²) in [5.74, 6) is -0.836.